The minimum atomic E-state index is -0.131. The Morgan fingerprint density at radius 2 is 1.52 bits per heavy atom. The zero-order chi connectivity index (χ0) is 22.6. The van der Waals surface area contributed by atoms with Crippen molar-refractivity contribution in [3.8, 4) is 0 Å². The van der Waals surface area contributed by atoms with Gasteiger partial charge in [-0.3, -0.25) is 4.79 Å². The van der Waals surface area contributed by atoms with Gasteiger partial charge in [0, 0.05) is 11.8 Å². The smallest absolute Gasteiger partial charge is 0.138 e. The summed E-state index contributed by atoms with van der Waals surface area (Å²) in [6.07, 6.45) is 13.0. The third-order valence-corrected chi connectivity index (χ3v) is 13.2. The van der Waals surface area contributed by atoms with Crippen molar-refractivity contribution in [3.63, 3.8) is 0 Å². The number of fused-ring (bicyclic) bond motifs is 7. The van der Waals surface area contributed by atoms with Gasteiger partial charge in [-0.2, -0.15) is 0 Å². The topological polar surface area (TPSA) is 17.1 Å². The van der Waals surface area contributed by atoms with Gasteiger partial charge in [0.25, 0.3) is 0 Å². The number of rotatable bonds is 1. The van der Waals surface area contributed by atoms with E-state index in [4.69, 9.17) is 0 Å². The number of hydrogen-bond acceptors (Lipinski definition) is 1. The number of Topliss-reactive ketones (excluding diaryl/α,β-unsaturated/α-hetero) is 1. The van der Waals surface area contributed by atoms with Crippen LogP contribution in [0.2, 0.25) is 0 Å². The molecule has 0 saturated heterocycles. The van der Waals surface area contributed by atoms with Crippen LogP contribution in [-0.4, -0.2) is 5.78 Å². The van der Waals surface area contributed by atoms with Gasteiger partial charge in [0.15, 0.2) is 0 Å². The molecule has 0 radical (unpaired) electrons. The maximum absolute atomic E-state index is 12.9. The van der Waals surface area contributed by atoms with Crippen LogP contribution in [0.4, 0.5) is 0 Å². The van der Waals surface area contributed by atoms with Crippen molar-refractivity contribution < 1.29 is 4.79 Å². The molecule has 0 unspecified atom stereocenters. The van der Waals surface area contributed by atoms with Gasteiger partial charge < -0.3 is 0 Å². The van der Waals surface area contributed by atoms with E-state index in [1.54, 1.807) is 0 Å². The molecule has 5 saturated carbocycles. The molecule has 1 nitrogen and oxygen atoms in total. The standard InChI is InChI=1S/C30H48O/c1-19(2)20-11-14-27(5)17-18-29(7)21(25(20)27)9-10-23-28(6)15-13-24(31)26(3,4)22(28)12-16-30(23,29)8/h20-23,25H,1,9-18H2,2-8H3/t20-,21+,22+,23-,25+,27+,28-,29+,30-/m0/s1. The first kappa shape index (κ1) is 22.2. The van der Waals surface area contributed by atoms with Gasteiger partial charge in [0.1, 0.15) is 5.78 Å². The number of ketones is 1. The second kappa shape index (κ2) is 6.50. The van der Waals surface area contributed by atoms with Gasteiger partial charge in [-0.15, -0.1) is 0 Å². The third kappa shape index (κ3) is 2.59. The molecule has 5 fully saturated rings. The molecule has 0 spiro atoms. The number of carbonyl (C=O) groups is 1. The summed E-state index contributed by atoms with van der Waals surface area (Å²) in [4.78, 5) is 12.9. The van der Waals surface area contributed by atoms with E-state index in [1.165, 1.54) is 56.9 Å². The molecule has 174 valence electrons. The van der Waals surface area contributed by atoms with Gasteiger partial charge in [-0.25, -0.2) is 0 Å². The van der Waals surface area contributed by atoms with E-state index >= 15 is 0 Å². The van der Waals surface area contributed by atoms with Crippen molar-refractivity contribution >= 4 is 5.78 Å². The van der Waals surface area contributed by atoms with E-state index < -0.39 is 0 Å². The predicted molar refractivity (Wildman–Crippen MR) is 130 cm³/mol. The Hall–Kier alpha value is -0.590. The Morgan fingerprint density at radius 1 is 0.806 bits per heavy atom. The zero-order valence-corrected chi connectivity index (χ0v) is 21.6. The molecule has 0 heterocycles. The van der Waals surface area contributed by atoms with Gasteiger partial charge >= 0.3 is 0 Å². The molecular formula is C30H48O. The maximum Gasteiger partial charge on any atom is 0.138 e. The Bertz CT molecular complexity index is 807. The molecule has 9 atom stereocenters. The van der Waals surface area contributed by atoms with Crippen LogP contribution in [0.5, 0.6) is 0 Å². The molecule has 0 aliphatic heterocycles. The first-order valence-corrected chi connectivity index (χ1v) is 13.5. The predicted octanol–water partition coefficient (Wildman–Crippen LogP) is 8.23. The second-order valence-electron chi connectivity index (χ2n) is 14.5. The summed E-state index contributed by atoms with van der Waals surface area (Å²) in [6.45, 7) is 22.0. The monoisotopic (exact) mass is 424 g/mol. The van der Waals surface area contributed by atoms with Gasteiger partial charge in [0.05, 0.1) is 0 Å². The summed E-state index contributed by atoms with van der Waals surface area (Å²) >= 11 is 0. The van der Waals surface area contributed by atoms with Gasteiger partial charge in [-0.05, 0) is 116 Å². The number of allylic oxidation sites excluding steroid dienone is 1. The van der Waals surface area contributed by atoms with Crippen LogP contribution in [-0.2, 0) is 4.79 Å². The maximum atomic E-state index is 12.9. The largest absolute Gasteiger partial charge is 0.299 e. The van der Waals surface area contributed by atoms with Crippen LogP contribution >= 0.6 is 0 Å². The van der Waals surface area contributed by atoms with E-state index in [9.17, 15) is 4.79 Å². The summed E-state index contributed by atoms with van der Waals surface area (Å²) in [6, 6.07) is 0. The second-order valence-corrected chi connectivity index (χ2v) is 14.5. The fourth-order valence-corrected chi connectivity index (χ4v) is 11.3. The van der Waals surface area contributed by atoms with Crippen LogP contribution in [0.15, 0.2) is 12.2 Å². The molecule has 0 aromatic carbocycles. The van der Waals surface area contributed by atoms with E-state index in [2.05, 4.69) is 55.0 Å². The highest BCUT2D eigenvalue weighted by Crippen LogP contribution is 2.77. The molecule has 31 heavy (non-hydrogen) atoms. The summed E-state index contributed by atoms with van der Waals surface area (Å²) in [5.41, 5.74) is 3.06. The number of hydrogen-bond donors (Lipinski definition) is 0. The number of carbonyl (C=O) groups excluding carboxylic acids is 1. The molecular weight excluding hydrogens is 376 g/mol. The van der Waals surface area contributed by atoms with Crippen LogP contribution < -0.4 is 0 Å². The third-order valence-electron chi connectivity index (χ3n) is 13.2. The van der Waals surface area contributed by atoms with Crippen molar-refractivity contribution in [2.75, 3.05) is 0 Å². The van der Waals surface area contributed by atoms with Crippen LogP contribution in [0.25, 0.3) is 0 Å². The molecule has 0 amide bonds. The Labute approximate surface area is 192 Å². The quantitative estimate of drug-likeness (QED) is 0.387. The van der Waals surface area contributed by atoms with Gasteiger partial charge in [0.2, 0.25) is 0 Å². The molecule has 5 rings (SSSR count). The lowest BCUT2D eigenvalue weighted by atomic mass is 9.32. The van der Waals surface area contributed by atoms with E-state index in [0.717, 1.165) is 36.5 Å². The Kier molecular flexibility index (Phi) is 4.66. The molecule has 0 aromatic heterocycles. The summed E-state index contributed by atoms with van der Waals surface area (Å²) in [7, 11) is 0. The Morgan fingerprint density at radius 3 is 2.19 bits per heavy atom. The highest BCUT2D eigenvalue weighted by molar-refractivity contribution is 5.85. The average Bonchev–Trinajstić information content (AvgIpc) is 3.04. The average molecular weight is 425 g/mol. The van der Waals surface area contributed by atoms with Crippen molar-refractivity contribution in [1.82, 2.24) is 0 Å². The van der Waals surface area contributed by atoms with Crippen LogP contribution in [0.1, 0.15) is 113 Å². The molecule has 1 heteroatoms. The van der Waals surface area contributed by atoms with Crippen LogP contribution in [0.3, 0.4) is 0 Å². The first-order valence-electron chi connectivity index (χ1n) is 13.5. The Balaban J connectivity index is 1.55. The molecule has 5 aliphatic rings. The minimum absolute atomic E-state index is 0.131. The normalized spacial score (nSPS) is 55.6. The van der Waals surface area contributed by atoms with Crippen molar-refractivity contribution in [3.05, 3.63) is 12.2 Å². The van der Waals surface area contributed by atoms with Crippen LogP contribution in [0, 0.1) is 56.7 Å². The van der Waals surface area contributed by atoms with Crippen molar-refractivity contribution in [2.45, 2.75) is 113 Å². The molecule has 0 bridgehead atoms. The summed E-state index contributed by atoms with van der Waals surface area (Å²) < 4.78 is 0. The minimum Gasteiger partial charge on any atom is -0.299 e. The van der Waals surface area contributed by atoms with Crippen molar-refractivity contribution in [2.24, 2.45) is 56.7 Å². The summed E-state index contributed by atoms with van der Waals surface area (Å²) in [5.74, 6) is 4.33. The first-order chi connectivity index (χ1) is 14.3. The van der Waals surface area contributed by atoms with E-state index in [-0.39, 0.29) is 5.41 Å². The van der Waals surface area contributed by atoms with E-state index in [0.29, 0.717) is 33.4 Å². The van der Waals surface area contributed by atoms with E-state index in [1.807, 2.05) is 0 Å². The highest BCUT2D eigenvalue weighted by atomic mass is 16.1. The lowest BCUT2D eigenvalue weighted by Gasteiger charge is -2.72. The SMILES string of the molecule is C=C(C)[C@@H]1CC[C@]2(C)CC[C@]3(C)[C@H](CC[C@H]4[C@@]5(C)CCC(=O)C(C)(C)[C@H]5CC[C@@]43C)[C@@H]12. The molecule has 5 aliphatic carbocycles. The van der Waals surface area contributed by atoms with Gasteiger partial charge in [-0.1, -0.05) is 53.7 Å². The highest BCUT2D eigenvalue weighted by Gasteiger charge is 2.70. The zero-order valence-electron chi connectivity index (χ0n) is 21.6. The summed E-state index contributed by atoms with van der Waals surface area (Å²) in [5, 5.41) is 0. The fourth-order valence-electron chi connectivity index (χ4n) is 11.3. The van der Waals surface area contributed by atoms with Crippen molar-refractivity contribution in [1.29, 1.82) is 0 Å². The molecule has 0 aromatic rings. The fraction of sp³-hybridized carbons (Fsp3) is 0.900. The lowest BCUT2D eigenvalue weighted by Crippen LogP contribution is -2.66. The molecule has 0 N–H and O–H groups in total. The lowest BCUT2D eigenvalue weighted by molar-refractivity contribution is -0.232.